The first-order valence-corrected chi connectivity index (χ1v) is 5.97. The number of carbonyl (C=O) groups is 1. The number of carbonyl (C=O) groups excluding carboxylic acids is 1. The van der Waals surface area contributed by atoms with Gasteiger partial charge >= 0.3 is 0 Å². The van der Waals surface area contributed by atoms with E-state index >= 15 is 0 Å². The number of nitro groups is 1. The monoisotopic (exact) mass is 312 g/mol. The van der Waals surface area contributed by atoms with Crippen molar-refractivity contribution in [3.8, 4) is 0 Å². The van der Waals surface area contributed by atoms with Gasteiger partial charge in [0.1, 0.15) is 10.7 Å². The van der Waals surface area contributed by atoms with Crippen molar-refractivity contribution in [1.82, 2.24) is 9.97 Å². The van der Waals surface area contributed by atoms with Crippen molar-refractivity contribution in [2.45, 2.75) is 0 Å². The molecule has 2 aromatic rings. The normalized spacial score (nSPS) is 10.1. The van der Waals surface area contributed by atoms with Crippen molar-refractivity contribution in [3.63, 3.8) is 0 Å². The van der Waals surface area contributed by atoms with E-state index in [4.69, 9.17) is 23.2 Å². The van der Waals surface area contributed by atoms with Gasteiger partial charge in [-0.1, -0.05) is 23.2 Å². The highest BCUT2D eigenvalue weighted by molar-refractivity contribution is 6.31. The molecule has 0 saturated carbocycles. The molecule has 0 atom stereocenters. The Morgan fingerprint density at radius 2 is 2.05 bits per heavy atom. The van der Waals surface area contributed by atoms with Gasteiger partial charge < -0.3 is 0 Å². The van der Waals surface area contributed by atoms with Crippen molar-refractivity contribution in [1.29, 1.82) is 0 Å². The Balaban J connectivity index is 2.34. The molecule has 1 N–H and O–H groups in total. The molecular formula is C11H6Cl2N4O3. The van der Waals surface area contributed by atoms with E-state index in [9.17, 15) is 14.9 Å². The summed E-state index contributed by atoms with van der Waals surface area (Å²) in [7, 11) is 0. The highest BCUT2D eigenvalue weighted by Gasteiger charge is 2.21. The fraction of sp³-hybridized carbons (Fsp3) is 0. The largest absolute Gasteiger partial charge is 0.290 e. The molecule has 0 saturated heterocycles. The van der Waals surface area contributed by atoms with Gasteiger partial charge in [0.25, 0.3) is 11.6 Å². The number of hydrogen-bond acceptors (Lipinski definition) is 5. The third kappa shape index (κ3) is 3.19. The summed E-state index contributed by atoms with van der Waals surface area (Å²) in [6.45, 7) is 0. The number of anilines is 1. The lowest BCUT2D eigenvalue weighted by molar-refractivity contribution is -0.385. The molecule has 9 heteroatoms. The third-order valence-corrected chi connectivity index (χ3v) is 2.69. The van der Waals surface area contributed by atoms with Crippen molar-refractivity contribution < 1.29 is 9.72 Å². The quantitative estimate of drug-likeness (QED) is 0.533. The number of amides is 1. The molecule has 7 nitrogen and oxygen atoms in total. The number of rotatable bonds is 3. The molecule has 1 aromatic heterocycles. The van der Waals surface area contributed by atoms with Crippen LogP contribution in [0.5, 0.6) is 0 Å². The van der Waals surface area contributed by atoms with Crippen LogP contribution < -0.4 is 5.32 Å². The molecule has 0 aliphatic heterocycles. The minimum absolute atomic E-state index is 0.0585. The summed E-state index contributed by atoms with van der Waals surface area (Å²) >= 11 is 11.4. The fourth-order valence-electron chi connectivity index (χ4n) is 1.42. The lowest BCUT2D eigenvalue weighted by Gasteiger charge is -2.05. The molecule has 2 rings (SSSR count). The summed E-state index contributed by atoms with van der Waals surface area (Å²) in [5, 5.41) is 13.5. The maximum Gasteiger partial charge on any atom is 0.282 e. The van der Waals surface area contributed by atoms with Crippen LogP contribution in [-0.4, -0.2) is 20.8 Å². The molecule has 0 unspecified atom stereocenters. The minimum atomic E-state index is -0.749. The Bertz CT molecular complexity index is 693. The summed E-state index contributed by atoms with van der Waals surface area (Å²) in [5.41, 5.74) is -0.556. The number of aromatic nitrogens is 2. The Hall–Kier alpha value is -2.25. The second-order valence-corrected chi connectivity index (χ2v) is 4.40. The van der Waals surface area contributed by atoms with Crippen molar-refractivity contribution in [2.24, 2.45) is 0 Å². The predicted octanol–water partition coefficient (Wildman–Crippen LogP) is 2.94. The van der Waals surface area contributed by atoms with E-state index in [1.165, 1.54) is 24.4 Å². The van der Waals surface area contributed by atoms with Gasteiger partial charge in [0.2, 0.25) is 5.95 Å². The predicted molar refractivity (Wildman–Crippen MR) is 73.1 cm³/mol. The van der Waals surface area contributed by atoms with Crippen LogP contribution in [0.4, 0.5) is 11.6 Å². The van der Waals surface area contributed by atoms with Gasteiger partial charge in [-0.2, -0.15) is 0 Å². The Kier molecular flexibility index (Phi) is 4.11. The molecule has 1 aromatic carbocycles. The average molecular weight is 313 g/mol. The molecule has 20 heavy (non-hydrogen) atoms. The van der Waals surface area contributed by atoms with Gasteiger partial charge in [0.05, 0.1) is 4.92 Å². The van der Waals surface area contributed by atoms with Gasteiger partial charge in [0.15, 0.2) is 0 Å². The van der Waals surface area contributed by atoms with Crippen LogP contribution in [0.1, 0.15) is 10.4 Å². The highest BCUT2D eigenvalue weighted by atomic mass is 35.5. The first-order valence-electron chi connectivity index (χ1n) is 5.21. The molecule has 0 bridgehead atoms. The second-order valence-electron chi connectivity index (χ2n) is 3.58. The molecule has 1 amide bonds. The number of nitro benzene ring substituents is 1. The summed E-state index contributed by atoms with van der Waals surface area (Å²) in [4.78, 5) is 29.7. The summed E-state index contributed by atoms with van der Waals surface area (Å²) in [6, 6.07) is 5.10. The first kappa shape index (κ1) is 14.2. The highest BCUT2D eigenvalue weighted by Crippen LogP contribution is 2.23. The van der Waals surface area contributed by atoms with Gasteiger partial charge in [-0.25, -0.2) is 9.97 Å². The SMILES string of the molecule is O=C(Nc1nccc(Cl)n1)c1cc(Cl)ccc1[N+](=O)[O-]. The van der Waals surface area contributed by atoms with Gasteiger partial charge in [-0.15, -0.1) is 0 Å². The zero-order chi connectivity index (χ0) is 14.7. The van der Waals surface area contributed by atoms with E-state index in [1.54, 1.807) is 0 Å². The molecular weight excluding hydrogens is 307 g/mol. The Labute approximate surface area is 122 Å². The third-order valence-electron chi connectivity index (χ3n) is 2.25. The lowest BCUT2D eigenvalue weighted by Crippen LogP contribution is -2.15. The average Bonchev–Trinajstić information content (AvgIpc) is 2.38. The van der Waals surface area contributed by atoms with E-state index < -0.39 is 10.8 Å². The molecule has 0 aliphatic rings. The number of hydrogen-bond donors (Lipinski definition) is 1. The minimum Gasteiger partial charge on any atom is -0.290 e. The lowest BCUT2D eigenvalue weighted by atomic mass is 10.1. The van der Waals surface area contributed by atoms with Gasteiger partial charge in [0, 0.05) is 17.3 Å². The van der Waals surface area contributed by atoms with Crippen molar-refractivity contribution in [2.75, 3.05) is 5.32 Å². The zero-order valence-corrected chi connectivity index (χ0v) is 11.2. The zero-order valence-electron chi connectivity index (χ0n) is 9.71. The molecule has 102 valence electrons. The van der Waals surface area contributed by atoms with E-state index in [2.05, 4.69) is 15.3 Å². The maximum absolute atomic E-state index is 12.0. The molecule has 0 aliphatic carbocycles. The van der Waals surface area contributed by atoms with Crippen LogP contribution in [0.2, 0.25) is 10.2 Å². The summed E-state index contributed by atoms with van der Waals surface area (Å²) in [5.74, 6) is -0.807. The van der Waals surface area contributed by atoms with Crippen LogP contribution in [-0.2, 0) is 0 Å². The van der Waals surface area contributed by atoms with Crippen LogP contribution >= 0.6 is 23.2 Å². The summed E-state index contributed by atoms with van der Waals surface area (Å²) in [6.07, 6.45) is 1.34. The molecule has 1 heterocycles. The number of nitrogens with zero attached hydrogens (tertiary/aromatic N) is 3. The second kappa shape index (κ2) is 5.81. The van der Waals surface area contributed by atoms with Crippen molar-refractivity contribution >= 4 is 40.7 Å². The van der Waals surface area contributed by atoms with Crippen LogP contribution in [0, 0.1) is 10.1 Å². The molecule has 0 spiro atoms. The van der Waals surface area contributed by atoms with Crippen LogP contribution in [0.25, 0.3) is 0 Å². The summed E-state index contributed by atoms with van der Waals surface area (Å²) < 4.78 is 0. The standard InChI is InChI=1S/C11H6Cl2N4O3/c12-6-1-2-8(17(19)20)7(5-6)10(18)16-11-14-4-3-9(13)15-11/h1-5H,(H,14,15,16,18). The van der Waals surface area contributed by atoms with Gasteiger partial charge in [-0.05, 0) is 18.2 Å². The van der Waals surface area contributed by atoms with E-state index in [1.807, 2.05) is 0 Å². The number of nitrogens with one attached hydrogen (secondary N) is 1. The van der Waals surface area contributed by atoms with E-state index in [0.29, 0.717) is 0 Å². The topological polar surface area (TPSA) is 98.0 Å². The smallest absolute Gasteiger partial charge is 0.282 e. The van der Waals surface area contributed by atoms with E-state index in [0.717, 1.165) is 6.07 Å². The maximum atomic E-state index is 12.0. The van der Waals surface area contributed by atoms with Gasteiger partial charge in [-0.3, -0.25) is 20.2 Å². The van der Waals surface area contributed by atoms with Crippen LogP contribution in [0.3, 0.4) is 0 Å². The number of benzene rings is 1. The van der Waals surface area contributed by atoms with Crippen LogP contribution in [0.15, 0.2) is 30.5 Å². The van der Waals surface area contributed by atoms with E-state index in [-0.39, 0.29) is 27.4 Å². The Morgan fingerprint density at radius 1 is 1.30 bits per heavy atom. The first-order chi connectivity index (χ1) is 9.47. The number of halogens is 2. The molecule has 0 fully saturated rings. The fourth-order valence-corrected chi connectivity index (χ4v) is 1.72. The van der Waals surface area contributed by atoms with Crippen molar-refractivity contribution in [3.05, 3.63) is 56.3 Å². The Morgan fingerprint density at radius 3 is 2.70 bits per heavy atom. The molecule has 0 radical (unpaired) electrons.